The summed E-state index contributed by atoms with van der Waals surface area (Å²) in [6.45, 7) is 0.811. The first-order chi connectivity index (χ1) is 8.88. The van der Waals surface area contributed by atoms with Gasteiger partial charge in [0.25, 0.3) is 9.05 Å². The summed E-state index contributed by atoms with van der Waals surface area (Å²) in [6.07, 6.45) is 0.585. The number of hydrogen-bond donors (Lipinski definition) is 1. The molecule has 0 radical (unpaired) electrons. The van der Waals surface area contributed by atoms with Crippen molar-refractivity contribution in [2.45, 2.75) is 11.3 Å². The van der Waals surface area contributed by atoms with Crippen LogP contribution < -0.4 is 5.32 Å². The first-order valence-corrected chi connectivity index (χ1v) is 7.81. The predicted molar refractivity (Wildman–Crippen MR) is 67.0 cm³/mol. The van der Waals surface area contributed by atoms with E-state index in [4.69, 9.17) is 15.4 Å². The molecule has 1 heterocycles. The zero-order valence-electron chi connectivity index (χ0n) is 9.73. The van der Waals surface area contributed by atoms with Gasteiger partial charge < -0.3 is 10.1 Å². The highest BCUT2D eigenvalue weighted by atomic mass is 35.7. The molecule has 1 fully saturated rings. The summed E-state index contributed by atoms with van der Waals surface area (Å²) < 4.78 is 40.8. The van der Waals surface area contributed by atoms with Crippen molar-refractivity contribution in [2.24, 2.45) is 5.92 Å². The van der Waals surface area contributed by atoms with Crippen molar-refractivity contribution in [1.29, 1.82) is 0 Å². The van der Waals surface area contributed by atoms with Crippen LogP contribution in [0.5, 0.6) is 0 Å². The number of nitrogens with one attached hydrogen (secondary N) is 1. The maximum Gasteiger partial charge on any atom is 0.261 e. The summed E-state index contributed by atoms with van der Waals surface area (Å²) >= 11 is 0. The molecule has 0 spiro atoms. The number of halogens is 2. The maximum atomic E-state index is 13.7. The minimum Gasteiger partial charge on any atom is -0.381 e. The third kappa shape index (κ3) is 3.43. The van der Waals surface area contributed by atoms with Gasteiger partial charge >= 0.3 is 0 Å². The number of anilines is 1. The molecule has 1 aromatic carbocycles. The van der Waals surface area contributed by atoms with Crippen LogP contribution in [0.2, 0.25) is 0 Å². The number of benzene rings is 1. The second-order valence-electron chi connectivity index (χ2n) is 4.13. The first kappa shape index (κ1) is 14.2. The van der Waals surface area contributed by atoms with E-state index < -0.39 is 14.9 Å². The van der Waals surface area contributed by atoms with Gasteiger partial charge in [-0.05, 0) is 24.6 Å². The molecule has 1 atom stereocenters. The van der Waals surface area contributed by atoms with Gasteiger partial charge in [-0.3, -0.25) is 4.79 Å². The van der Waals surface area contributed by atoms with E-state index in [9.17, 15) is 17.6 Å². The van der Waals surface area contributed by atoms with Crippen LogP contribution in [-0.2, 0) is 18.6 Å². The van der Waals surface area contributed by atoms with Crippen LogP contribution in [0.3, 0.4) is 0 Å². The van der Waals surface area contributed by atoms with E-state index in [1.54, 1.807) is 0 Å². The molecule has 0 aliphatic carbocycles. The SMILES string of the molecule is O=C(Nc1ccc(S(=O)(=O)Cl)cc1F)C1CCOC1. The fraction of sp³-hybridized carbons (Fsp3) is 0.364. The van der Waals surface area contributed by atoms with Crippen LogP contribution in [-0.4, -0.2) is 27.5 Å². The lowest BCUT2D eigenvalue weighted by Crippen LogP contribution is -2.23. The molecule has 2 rings (SSSR count). The molecule has 1 unspecified atom stereocenters. The van der Waals surface area contributed by atoms with E-state index in [-0.39, 0.29) is 22.4 Å². The van der Waals surface area contributed by atoms with Crippen LogP contribution in [0.25, 0.3) is 0 Å². The summed E-state index contributed by atoms with van der Waals surface area (Å²) in [5.41, 5.74) is -0.0824. The molecule has 1 aromatic rings. The lowest BCUT2D eigenvalue weighted by molar-refractivity contribution is -0.119. The van der Waals surface area contributed by atoms with Crippen molar-refractivity contribution in [3.8, 4) is 0 Å². The minimum atomic E-state index is -3.99. The molecular formula is C11H11ClFNO4S. The van der Waals surface area contributed by atoms with Gasteiger partial charge in [0.05, 0.1) is 23.1 Å². The van der Waals surface area contributed by atoms with Crippen LogP contribution in [0.4, 0.5) is 10.1 Å². The van der Waals surface area contributed by atoms with E-state index in [0.29, 0.717) is 19.6 Å². The quantitative estimate of drug-likeness (QED) is 0.863. The van der Waals surface area contributed by atoms with E-state index in [1.165, 1.54) is 0 Å². The van der Waals surface area contributed by atoms with Crippen molar-refractivity contribution < 1.29 is 22.3 Å². The van der Waals surface area contributed by atoms with Crippen LogP contribution in [0.1, 0.15) is 6.42 Å². The molecule has 1 aliphatic rings. The molecular weight excluding hydrogens is 297 g/mol. The van der Waals surface area contributed by atoms with Gasteiger partial charge in [0.2, 0.25) is 5.91 Å². The fourth-order valence-electron chi connectivity index (χ4n) is 1.72. The smallest absolute Gasteiger partial charge is 0.261 e. The van der Waals surface area contributed by atoms with Crippen molar-refractivity contribution in [2.75, 3.05) is 18.5 Å². The molecule has 0 aromatic heterocycles. The van der Waals surface area contributed by atoms with Gasteiger partial charge in [-0.15, -0.1) is 0 Å². The van der Waals surface area contributed by atoms with Crippen LogP contribution in [0, 0.1) is 11.7 Å². The molecule has 0 bridgehead atoms. The third-order valence-electron chi connectivity index (χ3n) is 2.78. The summed E-state index contributed by atoms with van der Waals surface area (Å²) in [5, 5.41) is 2.40. The largest absolute Gasteiger partial charge is 0.381 e. The van der Waals surface area contributed by atoms with Gasteiger partial charge in [-0.1, -0.05) is 0 Å². The average molecular weight is 308 g/mol. The van der Waals surface area contributed by atoms with Gasteiger partial charge in [-0.25, -0.2) is 12.8 Å². The number of carbonyl (C=O) groups excluding carboxylic acids is 1. The minimum absolute atomic E-state index is 0.0824. The molecule has 8 heteroatoms. The number of hydrogen-bond acceptors (Lipinski definition) is 4. The summed E-state index contributed by atoms with van der Waals surface area (Å²) in [5.74, 6) is -1.51. The molecule has 1 aliphatic heterocycles. The van der Waals surface area contributed by atoms with Crippen molar-refractivity contribution in [3.63, 3.8) is 0 Å². The second-order valence-corrected chi connectivity index (χ2v) is 6.70. The maximum absolute atomic E-state index is 13.7. The Labute approximate surface area is 114 Å². The zero-order chi connectivity index (χ0) is 14.0. The molecule has 0 saturated carbocycles. The van der Waals surface area contributed by atoms with Crippen molar-refractivity contribution in [3.05, 3.63) is 24.0 Å². The van der Waals surface area contributed by atoms with E-state index >= 15 is 0 Å². The number of carbonyl (C=O) groups is 1. The zero-order valence-corrected chi connectivity index (χ0v) is 11.3. The van der Waals surface area contributed by atoms with E-state index in [0.717, 1.165) is 18.2 Å². The highest BCUT2D eigenvalue weighted by Crippen LogP contribution is 2.23. The molecule has 1 saturated heterocycles. The Morgan fingerprint density at radius 3 is 2.74 bits per heavy atom. The number of ether oxygens (including phenoxy) is 1. The molecule has 1 amide bonds. The van der Waals surface area contributed by atoms with E-state index in [1.807, 2.05) is 0 Å². The molecule has 5 nitrogen and oxygen atoms in total. The fourth-order valence-corrected chi connectivity index (χ4v) is 2.49. The number of rotatable bonds is 3. The topological polar surface area (TPSA) is 72.5 Å². The first-order valence-electron chi connectivity index (χ1n) is 5.51. The van der Waals surface area contributed by atoms with Gasteiger partial charge in [0.1, 0.15) is 5.82 Å². The predicted octanol–water partition coefficient (Wildman–Crippen LogP) is 1.73. The monoisotopic (exact) mass is 307 g/mol. The summed E-state index contributed by atoms with van der Waals surface area (Å²) in [7, 11) is 1.11. The van der Waals surface area contributed by atoms with Crippen molar-refractivity contribution >= 4 is 31.3 Å². The average Bonchev–Trinajstić information content (AvgIpc) is 2.84. The lowest BCUT2D eigenvalue weighted by atomic mass is 10.1. The molecule has 19 heavy (non-hydrogen) atoms. The Hall–Kier alpha value is -1.18. The standard InChI is InChI=1S/C11H11ClFNO4S/c12-19(16,17)8-1-2-10(9(13)5-8)14-11(15)7-3-4-18-6-7/h1-2,5,7H,3-4,6H2,(H,14,15). The van der Waals surface area contributed by atoms with Gasteiger partial charge in [0.15, 0.2) is 0 Å². The third-order valence-corrected chi connectivity index (χ3v) is 4.13. The second kappa shape index (κ2) is 5.44. The summed E-state index contributed by atoms with van der Waals surface area (Å²) in [4.78, 5) is 11.4. The van der Waals surface area contributed by atoms with Crippen LogP contribution >= 0.6 is 10.7 Å². The highest BCUT2D eigenvalue weighted by molar-refractivity contribution is 8.13. The van der Waals surface area contributed by atoms with E-state index in [2.05, 4.69) is 5.32 Å². The highest BCUT2D eigenvalue weighted by Gasteiger charge is 2.24. The summed E-state index contributed by atoms with van der Waals surface area (Å²) in [6, 6.07) is 3.06. The molecule has 104 valence electrons. The lowest BCUT2D eigenvalue weighted by Gasteiger charge is -2.10. The van der Waals surface area contributed by atoms with Gasteiger partial charge in [-0.2, -0.15) is 0 Å². The Morgan fingerprint density at radius 2 is 2.21 bits per heavy atom. The Bertz CT molecular complexity index is 599. The van der Waals surface area contributed by atoms with Crippen LogP contribution in [0.15, 0.2) is 23.1 Å². The molecule has 1 N–H and O–H groups in total. The Kier molecular flexibility index (Phi) is 4.07. The Balaban J connectivity index is 2.15. The Morgan fingerprint density at radius 1 is 1.47 bits per heavy atom. The van der Waals surface area contributed by atoms with Crippen molar-refractivity contribution in [1.82, 2.24) is 0 Å². The number of amides is 1. The van der Waals surface area contributed by atoms with Gasteiger partial charge in [0, 0.05) is 17.3 Å². The normalized spacial score (nSPS) is 19.4.